The van der Waals surface area contributed by atoms with Gasteiger partial charge in [-0.05, 0) is 25.8 Å². The van der Waals surface area contributed by atoms with Crippen molar-refractivity contribution >= 4 is 0 Å². The summed E-state index contributed by atoms with van der Waals surface area (Å²) in [6.07, 6.45) is 5.00. The van der Waals surface area contributed by atoms with E-state index in [1.807, 2.05) is 12.5 Å². The molecule has 0 aliphatic rings. The van der Waals surface area contributed by atoms with Crippen LogP contribution in [0.4, 0.5) is 0 Å². The Morgan fingerprint density at radius 1 is 1.37 bits per heavy atom. The fraction of sp³-hybridized carbons (Fsp3) is 0.438. The fourth-order valence-electron chi connectivity index (χ4n) is 2.25. The van der Waals surface area contributed by atoms with Crippen LogP contribution in [-0.4, -0.2) is 9.55 Å². The molecule has 102 valence electrons. The average Bonchev–Trinajstić information content (AvgIpc) is 2.84. The van der Waals surface area contributed by atoms with Crippen LogP contribution in [0.5, 0.6) is 0 Å². The molecule has 0 spiro atoms. The van der Waals surface area contributed by atoms with E-state index in [2.05, 4.69) is 59.9 Å². The third-order valence-corrected chi connectivity index (χ3v) is 3.39. The summed E-state index contributed by atoms with van der Waals surface area (Å²) >= 11 is 0. The van der Waals surface area contributed by atoms with Gasteiger partial charge in [-0.15, -0.1) is 0 Å². The van der Waals surface area contributed by atoms with Crippen molar-refractivity contribution in [3.63, 3.8) is 0 Å². The molecule has 0 aliphatic heterocycles. The Balaban J connectivity index is 1.96. The highest BCUT2D eigenvalue weighted by Gasteiger charge is 2.07. The highest BCUT2D eigenvalue weighted by molar-refractivity contribution is 5.24. The number of nitrogens with one attached hydrogen (secondary N) is 1. The van der Waals surface area contributed by atoms with Crippen molar-refractivity contribution in [3.05, 3.63) is 53.6 Å². The van der Waals surface area contributed by atoms with Crippen LogP contribution in [0, 0.1) is 6.92 Å². The van der Waals surface area contributed by atoms with Crippen molar-refractivity contribution in [3.8, 4) is 0 Å². The molecule has 2 aromatic rings. The predicted molar refractivity (Wildman–Crippen MR) is 79.0 cm³/mol. The molecular weight excluding hydrogens is 234 g/mol. The number of imidazole rings is 1. The molecule has 1 aromatic heterocycles. The Labute approximate surface area is 115 Å². The Bertz CT molecular complexity index is 516. The zero-order valence-corrected chi connectivity index (χ0v) is 12.1. The summed E-state index contributed by atoms with van der Waals surface area (Å²) in [4.78, 5) is 4.23. The summed E-state index contributed by atoms with van der Waals surface area (Å²) in [5.41, 5.74) is 3.89. The molecule has 3 nitrogen and oxygen atoms in total. The van der Waals surface area contributed by atoms with Crippen molar-refractivity contribution in [1.82, 2.24) is 14.9 Å². The van der Waals surface area contributed by atoms with Gasteiger partial charge < -0.3 is 9.88 Å². The van der Waals surface area contributed by atoms with Crippen LogP contribution >= 0.6 is 0 Å². The van der Waals surface area contributed by atoms with Crippen LogP contribution in [0.1, 0.15) is 43.1 Å². The summed E-state index contributed by atoms with van der Waals surface area (Å²) in [5.74, 6) is 0. The summed E-state index contributed by atoms with van der Waals surface area (Å²) in [7, 11) is 0. The molecule has 0 saturated carbocycles. The van der Waals surface area contributed by atoms with Gasteiger partial charge >= 0.3 is 0 Å². The second kappa shape index (κ2) is 6.53. The van der Waals surface area contributed by atoms with E-state index in [1.54, 1.807) is 0 Å². The number of hydrogen-bond acceptors (Lipinski definition) is 2. The van der Waals surface area contributed by atoms with Crippen molar-refractivity contribution in [1.29, 1.82) is 0 Å². The fourth-order valence-corrected chi connectivity index (χ4v) is 2.25. The molecule has 1 N–H and O–H groups in total. The molecular formula is C16H23N3. The van der Waals surface area contributed by atoms with Crippen molar-refractivity contribution in [2.45, 2.75) is 46.3 Å². The lowest BCUT2D eigenvalue weighted by molar-refractivity contribution is 0.541. The Hall–Kier alpha value is -1.61. The standard InChI is InChI=1S/C16H23N3/c1-4-8-19-12-17-10-16(19)11-18-14(3)15-7-5-6-13(2)9-15/h5-7,9-10,12,14,18H,4,8,11H2,1-3H3/t14-/m1/s1. The summed E-state index contributed by atoms with van der Waals surface area (Å²) in [6, 6.07) is 9.01. The first-order chi connectivity index (χ1) is 9.20. The van der Waals surface area contributed by atoms with Gasteiger partial charge in [0.05, 0.1) is 12.0 Å². The van der Waals surface area contributed by atoms with Gasteiger partial charge in [0.1, 0.15) is 0 Å². The van der Waals surface area contributed by atoms with Gasteiger partial charge in [0.15, 0.2) is 0 Å². The lowest BCUT2D eigenvalue weighted by Gasteiger charge is -2.15. The van der Waals surface area contributed by atoms with E-state index >= 15 is 0 Å². The molecule has 0 radical (unpaired) electrons. The molecule has 19 heavy (non-hydrogen) atoms. The molecule has 0 fully saturated rings. The highest BCUT2D eigenvalue weighted by atomic mass is 15.1. The van der Waals surface area contributed by atoms with E-state index in [1.165, 1.54) is 16.8 Å². The molecule has 0 amide bonds. The van der Waals surface area contributed by atoms with E-state index in [-0.39, 0.29) is 0 Å². The first kappa shape index (κ1) is 13.8. The van der Waals surface area contributed by atoms with E-state index in [4.69, 9.17) is 0 Å². The molecule has 0 saturated heterocycles. The second-order valence-corrected chi connectivity index (χ2v) is 5.10. The van der Waals surface area contributed by atoms with Crippen LogP contribution in [0.2, 0.25) is 0 Å². The first-order valence-electron chi connectivity index (χ1n) is 6.99. The van der Waals surface area contributed by atoms with Crippen LogP contribution in [-0.2, 0) is 13.1 Å². The van der Waals surface area contributed by atoms with Crippen LogP contribution in [0.15, 0.2) is 36.8 Å². The molecule has 2 rings (SSSR count). The molecule has 3 heteroatoms. The van der Waals surface area contributed by atoms with Gasteiger partial charge in [-0.3, -0.25) is 0 Å². The molecule has 1 atom stereocenters. The smallest absolute Gasteiger partial charge is 0.0948 e. The minimum absolute atomic E-state index is 0.352. The number of rotatable bonds is 6. The van der Waals surface area contributed by atoms with Gasteiger partial charge in [-0.1, -0.05) is 36.8 Å². The van der Waals surface area contributed by atoms with Gasteiger partial charge in [0, 0.05) is 25.3 Å². The predicted octanol–water partition coefficient (Wildman–Crippen LogP) is 3.45. The maximum absolute atomic E-state index is 4.23. The molecule has 0 bridgehead atoms. The first-order valence-corrected chi connectivity index (χ1v) is 6.99. The largest absolute Gasteiger partial charge is 0.333 e. The number of hydrogen-bond donors (Lipinski definition) is 1. The number of benzene rings is 1. The van der Waals surface area contributed by atoms with Crippen LogP contribution in [0.3, 0.4) is 0 Å². The summed E-state index contributed by atoms with van der Waals surface area (Å²) in [5, 5.41) is 3.57. The van der Waals surface area contributed by atoms with E-state index in [9.17, 15) is 0 Å². The molecule has 1 aromatic carbocycles. The number of nitrogens with zero attached hydrogens (tertiary/aromatic N) is 2. The highest BCUT2D eigenvalue weighted by Crippen LogP contribution is 2.14. The maximum Gasteiger partial charge on any atom is 0.0948 e. The zero-order chi connectivity index (χ0) is 13.7. The van der Waals surface area contributed by atoms with Gasteiger partial charge in [-0.2, -0.15) is 0 Å². The third-order valence-electron chi connectivity index (χ3n) is 3.39. The molecule has 0 aliphatic carbocycles. The molecule has 1 heterocycles. The quantitative estimate of drug-likeness (QED) is 0.859. The SMILES string of the molecule is CCCn1cncc1CN[C@H](C)c1cccc(C)c1. The maximum atomic E-state index is 4.23. The topological polar surface area (TPSA) is 29.9 Å². The van der Waals surface area contributed by atoms with Crippen molar-refractivity contribution in [2.75, 3.05) is 0 Å². The third kappa shape index (κ3) is 3.67. The van der Waals surface area contributed by atoms with Crippen molar-refractivity contribution in [2.24, 2.45) is 0 Å². The summed E-state index contributed by atoms with van der Waals surface area (Å²) < 4.78 is 2.22. The number of aromatic nitrogens is 2. The van der Waals surface area contributed by atoms with Crippen molar-refractivity contribution < 1.29 is 0 Å². The van der Waals surface area contributed by atoms with Crippen LogP contribution < -0.4 is 5.32 Å². The van der Waals surface area contributed by atoms with Crippen LogP contribution in [0.25, 0.3) is 0 Å². The molecule has 0 unspecified atom stereocenters. The monoisotopic (exact) mass is 257 g/mol. The summed E-state index contributed by atoms with van der Waals surface area (Å²) in [6.45, 7) is 8.42. The normalized spacial score (nSPS) is 12.6. The van der Waals surface area contributed by atoms with E-state index in [0.717, 1.165) is 19.5 Å². The minimum Gasteiger partial charge on any atom is -0.333 e. The van der Waals surface area contributed by atoms with E-state index < -0.39 is 0 Å². The van der Waals surface area contributed by atoms with Gasteiger partial charge in [0.2, 0.25) is 0 Å². The zero-order valence-electron chi connectivity index (χ0n) is 12.1. The van der Waals surface area contributed by atoms with Gasteiger partial charge in [-0.25, -0.2) is 4.98 Å². The Kier molecular flexibility index (Phi) is 4.74. The lowest BCUT2D eigenvalue weighted by atomic mass is 10.1. The lowest BCUT2D eigenvalue weighted by Crippen LogP contribution is -2.20. The van der Waals surface area contributed by atoms with E-state index in [0.29, 0.717) is 6.04 Å². The minimum atomic E-state index is 0.352. The second-order valence-electron chi connectivity index (χ2n) is 5.10. The number of aryl methyl sites for hydroxylation is 2. The average molecular weight is 257 g/mol. The Morgan fingerprint density at radius 2 is 2.21 bits per heavy atom. The Morgan fingerprint density at radius 3 is 2.95 bits per heavy atom. The van der Waals surface area contributed by atoms with Gasteiger partial charge in [0.25, 0.3) is 0 Å².